The van der Waals surface area contributed by atoms with E-state index < -0.39 is 0 Å². The summed E-state index contributed by atoms with van der Waals surface area (Å²) in [4.78, 5) is 0. The number of benzene rings is 2. The van der Waals surface area contributed by atoms with Crippen molar-refractivity contribution in [3.63, 3.8) is 0 Å². The van der Waals surface area contributed by atoms with Gasteiger partial charge >= 0.3 is 0 Å². The van der Waals surface area contributed by atoms with Gasteiger partial charge in [0.2, 0.25) is 0 Å². The first kappa shape index (κ1) is 16.2. The summed E-state index contributed by atoms with van der Waals surface area (Å²) in [7, 11) is 0. The molecule has 0 heterocycles. The summed E-state index contributed by atoms with van der Waals surface area (Å²) in [5.74, 6) is 0.885. The van der Waals surface area contributed by atoms with Crippen molar-refractivity contribution < 1.29 is 0 Å². The largest absolute Gasteiger partial charge is 0.126 e. The van der Waals surface area contributed by atoms with Crippen LogP contribution >= 0.6 is 50.7 Å². The Morgan fingerprint density at radius 3 is 2.25 bits per heavy atom. The third-order valence-corrected chi connectivity index (χ3v) is 5.47. The monoisotopic (exact) mass is 390 g/mol. The molecule has 0 atom stereocenters. The Morgan fingerprint density at radius 1 is 0.950 bits per heavy atom. The average molecular weight is 393 g/mol. The Hall–Kier alpha value is -0.210. The summed E-state index contributed by atoms with van der Waals surface area (Å²) < 4.78 is 1.07. The van der Waals surface area contributed by atoms with Crippen molar-refractivity contribution in [3.8, 4) is 0 Å². The van der Waals surface area contributed by atoms with Crippen molar-refractivity contribution in [2.75, 3.05) is 11.8 Å². The zero-order valence-electron chi connectivity index (χ0n) is 10.8. The highest BCUT2D eigenvalue weighted by Crippen LogP contribution is 2.34. The molecule has 4 heteroatoms. The van der Waals surface area contributed by atoms with E-state index in [1.807, 2.05) is 42.5 Å². The topological polar surface area (TPSA) is 0 Å². The van der Waals surface area contributed by atoms with E-state index in [-0.39, 0.29) is 5.41 Å². The van der Waals surface area contributed by atoms with Crippen molar-refractivity contribution in [2.45, 2.75) is 11.8 Å². The summed E-state index contributed by atoms with van der Waals surface area (Å²) in [6.07, 6.45) is 0.766. The van der Waals surface area contributed by atoms with Gasteiger partial charge < -0.3 is 0 Å². The fourth-order valence-corrected chi connectivity index (χ4v) is 3.61. The second kappa shape index (κ2) is 7.17. The van der Waals surface area contributed by atoms with E-state index in [1.54, 1.807) is 0 Å². The van der Waals surface area contributed by atoms with Gasteiger partial charge in [-0.2, -0.15) is 0 Å². The molecule has 20 heavy (non-hydrogen) atoms. The third-order valence-electron chi connectivity index (χ3n) is 3.44. The molecule has 0 aliphatic heterocycles. The summed E-state index contributed by atoms with van der Waals surface area (Å²) in [5.41, 5.74) is 1.94. The van der Waals surface area contributed by atoms with Crippen molar-refractivity contribution in [2.24, 2.45) is 0 Å². The predicted octanol–water partition coefficient (Wildman–Crippen LogP) is 6.06. The molecule has 0 radical (unpaired) electrons. The molecular formula is C16H14BrCl3. The molecule has 106 valence electrons. The van der Waals surface area contributed by atoms with Crippen molar-refractivity contribution >= 4 is 50.7 Å². The second-order valence-electron chi connectivity index (χ2n) is 4.83. The molecule has 0 saturated carbocycles. The molecule has 0 fully saturated rings. The van der Waals surface area contributed by atoms with Crippen LogP contribution in [0.5, 0.6) is 0 Å². The third kappa shape index (κ3) is 3.51. The number of rotatable bonds is 5. The lowest BCUT2D eigenvalue weighted by atomic mass is 9.79. The molecular weight excluding hydrogens is 378 g/mol. The van der Waals surface area contributed by atoms with Crippen molar-refractivity contribution in [3.05, 3.63) is 69.2 Å². The molecule has 2 rings (SSSR count). The van der Waals surface area contributed by atoms with Gasteiger partial charge in [0.15, 0.2) is 0 Å². The summed E-state index contributed by atoms with van der Waals surface area (Å²) in [5, 5.41) is 0.703. The number of hydrogen-bond donors (Lipinski definition) is 0. The molecule has 0 bridgehead atoms. The van der Waals surface area contributed by atoms with Gasteiger partial charge in [-0.15, -0.1) is 23.2 Å². The van der Waals surface area contributed by atoms with Crippen LogP contribution in [0.1, 0.15) is 11.1 Å². The van der Waals surface area contributed by atoms with Crippen LogP contribution in [-0.2, 0) is 11.8 Å². The van der Waals surface area contributed by atoms with Crippen LogP contribution < -0.4 is 0 Å². The van der Waals surface area contributed by atoms with E-state index in [0.29, 0.717) is 16.8 Å². The van der Waals surface area contributed by atoms with Crippen LogP contribution in [0.2, 0.25) is 5.02 Å². The van der Waals surface area contributed by atoms with Gasteiger partial charge in [-0.25, -0.2) is 0 Å². The smallest absolute Gasteiger partial charge is 0.0408 e. The summed E-state index contributed by atoms with van der Waals surface area (Å²) in [6.45, 7) is 0. The maximum atomic E-state index is 6.27. The molecule has 0 N–H and O–H groups in total. The highest BCUT2D eigenvalue weighted by Gasteiger charge is 2.31. The van der Waals surface area contributed by atoms with Crippen LogP contribution in [0.3, 0.4) is 0 Å². The quantitative estimate of drug-likeness (QED) is 0.543. The van der Waals surface area contributed by atoms with Crippen LogP contribution in [0, 0.1) is 0 Å². The van der Waals surface area contributed by atoms with Crippen LogP contribution in [-0.4, -0.2) is 11.8 Å². The zero-order valence-corrected chi connectivity index (χ0v) is 14.6. The number of alkyl halides is 2. The molecule has 0 aliphatic rings. The van der Waals surface area contributed by atoms with E-state index in [1.165, 1.54) is 5.56 Å². The molecule has 0 aromatic heterocycles. The number of hydrogen-bond acceptors (Lipinski definition) is 0. The minimum absolute atomic E-state index is 0.322. The van der Waals surface area contributed by atoms with Gasteiger partial charge in [0.05, 0.1) is 0 Å². The molecule has 0 amide bonds. The maximum absolute atomic E-state index is 6.27. The SMILES string of the molecule is ClCC(CCl)(Cc1ccccc1Br)c1cccc(Cl)c1. The molecule has 0 aliphatic carbocycles. The van der Waals surface area contributed by atoms with Gasteiger partial charge in [0, 0.05) is 26.7 Å². The maximum Gasteiger partial charge on any atom is 0.0408 e. The van der Waals surface area contributed by atoms with Crippen LogP contribution in [0.15, 0.2) is 53.0 Å². The molecule has 0 unspecified atom stereocenters. The first-order valence-electron chi connectivity index (χ1n) is 6.23. The highest BCUT2D eigenvalue weighted by molar-refractivity contribution is 9.10. The second-order valence-corrected chi connectivity index (χ2v) is 6.65. The zero-order chi connectivity index (χ0) is 14.6. The molecule has 0 nitrogen and oxygen atoms in total. The molecule has 0 spiro atoms. The van der Waals surface area contributed by atoms with Gasteiger partial charge in [0.1, 0.15) is 0 Å². The van der Waals surface area contributed by atoms with Gasteiger partial charge in [-0.1, -0.05) is 57.9 Å². The van der Waals surface area contributed by atoms with E-state index in [2.05, 4.69) is 22.0 Å². The Kier molecular flexibility index (Phi) is 5.80. The first-order chi connectivity index (χ1) is 9.61. The Bertz CT molecular complexity index is 579. The number of halogens is 4. The van der Waals surface area contributed by atoms with Crippen molar-refractivity contribution in [1.82, 2.24) is 0 Å². The first-order valence-corrected chi connectivity index (χ1v) is 8.47. The minimum Gasteiger partial charge on any atom is -0.126 e. The Balaban J connectivity index is 2.42. The summed E-state index contributed by atoms with van der Waals surface area (Å²) in [6, 6.07) is 15.9. The molecule has 2 aromatic rings. The average Bonchev–Trinajstić information content (AvgIpc) is 2.47. The Labute approximate surface area is 143 Å². The Morgan fingerprint density at radius 2 is 1.65 bits per heavy atom. The van der Waals surface area contributed by atoms with Crippen LogP contribution in [0.25, 0.3) is 0 Å². The molecule has 2 aromatic carbocycles. The fourth-order valence-electron chi connectivity index (χ4n) is 2.21. The summed E-state index contributed by atoms with van der Waals surface area (Å²) >= 11 is 22.2. The minimum atomic E-state index is -0.322. The van der Waals surface area contributed by atoms with Crippen molar-refractivity contribution in [1.29, 1.82) is 0 Å². The van der Waals surface area contributed by atoms with E-state index in [0.717, 1.165) is 16.5 Å². The lowest BCUT2D eigenvalue weighted by Crippen LogP contribution is -2.33. The highest BCUT2D eigenvalue weighted by atomic mass is 79.9. The lowest BCUT2D eigenvalue weighted by Gasteiger charge is -2.31. The van der Waals surface area contributed by atoms with Crippen LogP contribution in [0.4, 0.5) is 0 Å². The van der Waals surface area contributed by atoms with Gasteiger partial charge in [-0.05, 0) is 35.7 Å². The van der Waals surface area contributed by atoms with E-state index >= 15 is 0 Å². The lowest BCUT2D eigenvalue weighted by molar-refractivity contribution is 0.535. The normalized spacial score (nSPS) is 11.6. The van der Waals surface area contributed by atoms with E-state index in [9.17, 15) is 0 Å². The van der Waals surface area contributed by atoms with Gasteiger partial charge in [0.25, 0.3) is 0 Å². The van der Waals surface area contributed by atoms with Gasteiger partial charge in [-0.3, -0.25) is 0 Å². The standard InChI is InChI=1S/C16H14BrCl3/c17-15-7-2-1-4-12(15)9-16(10-18,11-19)13-5-3-6-14(20)8-13/h1-8H,9-11H2. The van der Waals surface area contributed by atoms with E-state index in [4.69, 9.17) is 34.8 Å². The fraction of sp³-hybridized carbons (Fsp3) is 0.250. The molecule has 0 saturated heterocycles. The predicted molar refractivity (Wildman–Crippen MR) is 92.4 cm³/mol.